The Labute approximate surface area is 99.4 Å². The van der Waals surface area contributed by atoms with Crippen LogP contribution in [0.4, 0.5) is 4.39 Å². The molecule has 3 N–H and O–H groups in total. The summed E-state index contributed by atoms with van der Waals surface area (Å²) in [7, 11) is 0. The van der Waals surface area contributed by atoms with Crippen LogP contribution in [-0.4, -0.2) is 17.6 Å². The van der Waals surface area contributed by atoms with Crippen molar-refractivity contribution in [1.29, 1.82) is 0 Å². The van der Waals surface area contributed by atoms with E-state index in [9.17, 15) is 9.18 Å². The van der Waals surface area contributed by atoms with Crippen LogP contribution in [0.1, 0.15) is 41.6 Å². The van der Waals surface area contributed by atoms with Crippen LogP contribution in [0.25, 0.3) is 0 Å². The minimum atomic E-state index is -1.08. The van der Waals surface area contributed by atoms with Gasteiger partial charge in [0.1, 0.15) is 5.82 Å². The lowest BCUT2D eigenvalue weighted by atomic mass is 9.76. The maximum Gasteiger partial charge on any atom is 0.336 e. The third kappa shape index (κ3) is 2.05. The maximum atomic E-state index is 13.1. The second-order valence-electron chi connectivity index (χ2n) is 4.69. The van der Waals surface area contributed by atoms with E-state index in [1.165, 1.54) is 6.07 Å². The van der Waals surface area contributed by atoms with Gasteiger partial charge in [-0.15, -0.1) is 0 Å². The fourth-order valence-electron chi connectivity index (χ4n) is 2.79. The largest absolute Gasteiger partial charge is 0.478 e. The van der Waals surface area contributed by atoms with E-state index in [-0.39, 0.29) is 11.0 Å². The van der Waals surface area contributed by atoms with Gasteiger partial charge in [-0.2, -0.15) is 0 Å². The zero-order valence-electron chi connectivity index (χ0n) is 9.58. The van der Waals surface area contributed by atoms with Crippen molar-refractivity contribution in [1.82, 2.24) is 0 Å². The number of benzene rings is 1. The number of carboxylic acid groups (broad SMARTS) is 1. The molecule has 0 radical (unpaired) electrons. The molecule has 1 aromatic rings. The molecule has 4 heteroatoms. The second-order valence-corrected chi connectivity index (χ2v) is 4.69. The SMILES string of the molecule is NCC1(c2ccc(F)cc2C(=O)O)CCCC1. The molecule has 92 valence electrons. The van der Waals surface area contributed by atoms with Crippen molar-refractivity contribution < 1.29 is 14.3 Å². The maximum absolute atomic E-state index is 13.1. The molecule has 0 amide bonds. The van der Waals surface area contributed by atoms with Crippen LogP contribution in [0.3, 0.4) is 0 Å². The molecule has 0 aromatic heterocycles. The van der Waals surface area contributed by atoms with Gasteiger partial charge in [0.15, 0.2) is 0 Å². The van der Waals surface area contributed by atoms with Crippen LogP contribution >= 0.6 is 0 Å². The average Bonchev–Trinajstić information content (AvgIpc) is 2.78. The Balaban J connectivity index is 2.53. The van der Waals surface area contributed by atoms with Crippen LogP contribution < -0.4 is 5.73 Å². The molecule has 17 heavy (non-hydrogen) atoms. The Morgan fingerprint density at radius 3 is 2.59 bits per heavy atom. The fourth-order valence-corrected chi connectivity index (χ4v) is 2.79. The van der Waals surface area contributed by atoms with Gasteiger partial charge in [-0.25, -0.2) is 9.18 Å². The minimum Gasteiger partial charge on any atom is -0.478 e. The highest BCUT2D eigenvalue weighted by Crippen LogP contribution is 2.41. The monoisotopic (exact) mass is 237 g/mol. The Bertz CT molecular complexity index is 439. The van der Waals surface area contributed by atoms with Crippen molar-refractivity contribution >= 4 is 5.97 Å². The summed E-state index contributed by atoms with van der Waals surface area (Å²) in [4.78, 5) is 11.2. The van der Waals surface area contributed by atoms with E-state index in [4.69, 9.17) is 10.8 Å². The van der Waals surface area contributed by atoms with Crippen molar-refractivity contribution in [2.45, 2.75) is 31.1 Å². The van der Waals surface area contributed by atoms with E-state index in [0.717, 1.165) is 31.7 Å². The lowest BCUT2D eigenvalue weighted by Gasteiger charge is -2.29. The highest BCUT2D eigenvalue weighted by Gasteiger charge is 2.37. The van der Waals surface area contributed by atoms with Crippen molar-refractivity contribution in [3.05, 3.63) is 35.1 Å². The van der Waals surface area contributed by atoms with Gasteiger partial charge in [-0.05, 0) is 30.5 Å². The summed E-state index contributed by atoms with van der Waals surface area (Å²) >= 11 is 0. The molecule has 1 aliphatic carbocycles. The first-order valence-corrected chi connectivity index (χ1v) is 5.82. The van der Waals surface area contributed by atoms with E-state index >= 15 is 0 Å². The van der Waals surface area contributed by atoms with Crippen LogP contribution in [-0.2, 0) is 5.41 Å². The molecule has 1 aliphatic rings. The highest BCUT2D eigenvalue weighted by atomic mass is 19.1. The van der Waals surface area contributed by atoms with Crippen LogP contribution in [0.5, 0.6) is 0 Å². The Hall–Kier alpha value is -1.42. The molecule has 1 saturated carbocycles. The first kappa shape index (κ1) is 12.0. The zero-order chi connectivity index (χ0) is 12.5. The first-order chi connectivity index (χ1) is 8.09. The van der Waals surface area contributed by atoms with E-state index in [1.807, 2.05) is 0 Å². The summed E-state index contributed by atoms with van der Waals surface area (Å²) in [6.07, 6.45) is 3.87. The summed E-state index contributed by atoms with van der Waals surface area (Å²) < 4.78 is 13.1. The predicted molar refractivity (Wildman–Crippen MR) is 62.6 cm³/mol. The Kier molecular flexibility index (Phi) is 3.15. The molecular weight excluding hydrogens is 221 g/mol. The number of rotatable bonds is 3. The molecule has 0 heterocycles. The third-order valence-electron chi connectivity index (χ3n) is 3.73. The van der Waals surface area contributed by atoms with Gasteiger partial charge in [0.2, 0.25) is 0 Å². The molecule has 0 unspecified atom stereocenters. The summed E-state index contributed by atoms with van der Waals surface area (Å²) in [6.45, 7) is 0.416. The summed E-state index contributed by atoms with van der Waals surface area (Å²) in [5.74, 6) is -1.60. The standard InChI is InChI=1S/C13H16FNO2/c14-9-3-4-11(10(7-9)12(16)17)13(8-15)5-1-2-6-13/h3-4,7H,1-2,5-6,8,15H2,(H,16,17). The first-order valence-electron chi connectivity index (χ1n) is 5.82. The number of carbonyl (C=O) groups is 1. The van der Waals surface area contributed by atoms with Crippen molar-refractivity contribution in [2.75, 3.05) is 6.54 Å². The predicted octanol–water partition coefficient (Wildman–Crippen LogP) is 2.29. The number of aromatic carboxylic acids is 1. The molecule has 0 aliphatic heterocycles. The number of carboxylic acids is 1. The van der Waals surface area contributed by atoms with E-state index in [2.05, 4.69) is 0 Å². The average molecular weight is 237 g/mol. The van der Waals surface area contributed by atoms with E-state index in [1.54, 1.807) is 6.07 Å². The topological polar surface area (TPSA) is 63.3 Å². The van der Waals surface area contributed by atoms with Gasteiger partial charge >= 0.3 is 5.97 Å². The van der Waals surface area contributed by atoms with Gasteiger partial charge in [0.05, 0.1) is 5.56 Å². The molecule has 3 nitrogen and oxygen atoms in total. The van der Waals surface area contributed by atoms with Gasteiger partial charge in [-0.1, -0.05) is 18.9 Å². The molecule has 0 atom stereocenters. The van der Waals surface area contributed by atoms with Crippen molar-refractivity contribution in [3.63, 3.8) is 0 Å². The Morgan fingerprint density at radius 1 is 1.41 bits per heavy atom. The third-order valence-corrected chi connectivity index (χ3v) is 3.73. The van der Waals surface area contributed by atoms with E-state index in [0.29, 0.717) is 12.1 Å². The molecular formula is C13H16FNO2. The second kappa shape index (κ2) is 4.45. The smallest absolute Gasteiger partial charge is 0.336 e. The summed E-state index contributed by atoms with van der Waals surface area (Å²) in [6, 6.07) is 3.99. The highest BCUT2D eigenvalue weighted by molar-refractivity contribution is 5.90. The van der Waals surface area contributed by atoms with Gasteiger partial charge in [0, 0.05) is 12.0 Å². The summed E-state index contributed by atoms with van der Waals surface area (Å²) in [5, 5.41) is 9.15. The van der Waals surface area contributed by atoms with Crippen LogP contribution in [0.15, 0.2) is 18.2 Å². The fraction of sp³-hybridized carbons (Fsp3) is 0.462. The zero-order valence-corrected chi connectivity index (χ0v) is 9.58. The molecule has 1 aromatic carbocycles. The van der Waals surface area contributed by atoms with Crippen molar-refractivity contribution in [3.8, 4) is 0 Å². The quantitative estimate of drug-likeness (QED) is 0.847. The van der Waals surface area contributed by atoms with Gasteiger partial charge in [0.25, 0.3) is 0 Å². The number of hydrogen-bond acceptors (Lipinski definition) is 2. The van der Waals surface area contributed by atoms with Crippen LogP contribution in [0.2, 0.25) is 0 Å². The van der Waals surface area contributed by atoms with Crippen molar-refractivity contribution in [2.24, 2.45) is 5.73 Å². The van der Waals surface area contributed by atoms with Gasteiger partial charge < -0.3 is 10.8 Å². The lowest BCUT2D eigenvalue weighted by Crippen LogP contribution is -2.33. The summed E-state index contributed by atoms with van der Waals surface area (Å²) in [5.41, 5.74) is 6.28. The normalized spacial score (nSPS) is 18.2. The number of hydrogen-bond donors (Lipinski definition) is 2. The van der Waals surface area contributed by atoms with Crippen LogP contribution in [0, 0.1) is 5.82 Å². The molecule has 1 fully saturated rings. The van der Waals surface area contributed by atoms with E-state index < -0.39 is 11.8 Å². The number of halogens is 1. The number of nitrogens with two attached hydrogens (primary N) is 1. The Morgan fingerprint density at radius 2 is 2.06 bits per heavy atom. The molecule has 0 saturated heterocycles. The minimum absolute atomic E-state index is 0.0531. The lowest BCUT2D eigenvalue weighted by molar-refractivity contribution is 0.0693. The molecule has 0 bridgehead atoms. The van der Waals surface area contributed by atoms with Gasteiger partial charge in [-0.3, -0.25) is 0 Å². The molecule has 2 rings (SSSR count). The molecule has 0 spiro atoms.